The van der Waals surface area contributed by atoms with Gasteiger partial charge in [-0.1, -0.05) is 24.3 Å². The smallest absolute Gasteiger partial charge is 0.0582 e. The van der Waals surface area contributed by atoms with Crippen molar-refractivity contribution in [1.82, 2.24) is 0 Å². The molecular weight excluding hydrogens is 134 g/mol. The molecule has 0 unspecified atom stereocenters. The number of aliphatic imine (C=N–C) groups is 1. The molecule has 0 radical (unpaired) electrons. The maximum absolute atomic E-state index is 4.13. The van der Waals surface area contributed by atoms with E-state index in [1.54, 1.807) is 6.21 Å². The molecule has 0 rings (SSSR count). The molecule has 60 valence electrons. The van der Waals surface area contributed by atoms with Crippen molar-refractivity contribution in [3.8, 4) is 0 Å². The van der Waals surface area contributed by atoms with Crippen molar-refractivity contribution >= 4 is 6.21 Å². The maximum Gasteiger partial charge on any atom is 0.0582 e. The molecule has 1 heteroatoms. The van der Waals surface area contributed by atoms with E-state index in [1.807, 2.05) is 51.2 Å². The van der Waals surface area contributed by atoms with Crippen molar-refractivity contribution in [2.75, 3.05) is 0 Å². The summed E-state index contributed by atoms with van der Waals surface area (Å²) in [6.45, 7) is 5.87. The van der Waals surface area contributed by atoms with Gasteiger partial charge in [-0.05, 0) is 26.8 Å². The Labute approximate surface area is 68.9 Å². The van der Waals surface area contributed by atoms with E-state index in [0.29, 0.717) is 0 Å². The maximum atomic E-state index is 4.13. The number of allylic oxidation sites excluding steroid dienone is 5. The Balaban J connectivity index is 4.09. The van der Waals surface area contributed by atoms with Gasteiger partial charge in [0.05, 0.1) is 5.70 Å². The van der Waals surface area contributed by atoms with Gasteiger partial charge in [-0.2, -0.15) is 0 Å². The fourth-order valence-corrected chi connectivity index (χ4v) is 0.628. The Hall–Kier alpha value is -1.11. The Morgan fingerprint density at radius 3 is 2.27 bits per heavy atom. The van der Waals surface area contributed by atoms with Crippen molar-refractivity contribution in [2.24, 2.45) is 4.99 Å². The lowest BCUT2D eigenvalue weighted by molar-refractivity contribution is 1.39. The third-order valence-electron chi connectivity index (χ3n) is 1.14. The van der Waals surface area contributed by atoms with Crippen LogP contribution in [0.15, 0.2) is 41.1 Å². The van der Waals surface area contributed by atoms with Crippen molar-refractivity contribution in [2.45, 2.75) is 20.8 Å². The van der Waals surface area contributed by atoms with Crippen LogP contribution in [0.3, 0.4) is 0 Å². The molecule has 0 fully saturated rings. The fourth-order valence-electron chi connectivity index (χ4n) is 0.628. The quantitative estimate of drug-likeness (QED) is 0.432. The van der Waals surface area contributed by atoms with Crippen molar-refractivity contribution in [3.05, 3.63) is 36.1 Å². The van der Waals surface area contributed by atoms with Crippen LogP contribution in [0.2, 0.25) is 0 Å². The highest BCUT2D eigenvalue weighted by Gasteiger charge is 1.78. The highest BCUT2D eigenvalue weighted by Crippen LogP contribution is 1.97. The Bertz CT molecular complexity index is 195. The second kappa shape index (κ2) is 7.00. The molecule has 0 aliphatic carbocycles. The van der Waals surface area contributed by atoms with Gasteiger partial charge in [0, 0.05) is 6.21 Å². The second-order valence-electron chi connectivity index (χ2n) is 1.99. The zero-order valence-corrected chi connectivity index (χ0v) is 7.41. The van der Waals surface area contributed by atoms with E-state index >= 15 is 0 Å². The van der Waals surface area contributed by atoms with Crippen molar-refractivity contribution in [3.63, 3.8) is 0 Å². The molecule has 0 spiro atoms. The van der Waals surface area contributed by atoms with Crippen LogP contribution in [0.25, 0.3) is 0 Å². The Kier molecular flexibility index (Phi) is 6.30. The molecule has 0 bridgehead atoms. The molecule has 0 heterocycles. The summed E-state index contributed by atoms with van der Waals surface area (Å²) in [7, 11) is 0. The van der Waals surface area contributed by atoms with Gasteiger partial charge in [-0.25, -0.2) is 0 Å². The Morgan fingerprint density at radius 1 is 1.09 bits per heavy atom. The number of hydrogen-bond acceptors (Lipinski definition) is 1. The topological polar surface area (TPSA) is 12.4 Å². The minimum Gasteiger partial charge on any atom is -0.262 e. The van der Waals surface area contributed by atoms with Gasteiger partial charge in [0.15, 0.2) is 0 Å². The van der Waals surface area contributed by atoms with Gasteiger partial charge in [-0.3, -0.25) is 4.99 Å². The van der Waals surface area contributed by atoms with E-state index in [1.165, 1.54) is 0 Å². The van der Waals surface area contributed by atoms with Gasteiger partial charge >= 0.3 is 0 Å². The molecule has 0 atom stereocenters. The predicted molar refractivity (Wildman–Crippen MR) is 51.9 cm³/mol. The molecule has 0 N–H and O–H groups in total. The van der Waals surface area contributed by atoms with Gasteiger partial charge in [-0.15, -0.1) is 0 Å². The summed E-state index contributed by atoms with van der Waals surface area (Å²) in [6, 6.07) is 0. The highest BCUT2D eigenvalue weighted by molar-refractivity contribution is 5.56. The van der Waals surface area contributed by atoms with Gasteiger partial charge in [0.25, 0.3) is 0 Å². The zero-order chi connectivity index (χ0) is 8.53. The molecule has 0 aliphatic heterocycles. The van der Waals surface area contributed by atoms with Crippen LogP contribution in [0.5, 0.6) is 0 Å². The summed E-state index contributed by atoms with van der Waals surface area (Å²) in [5.74, 6) is 0. The summed E-state index contributed by atoms with van der Waals surface area (Å²) in [5.41, 5.74) is 0.991. The predicted octanol–water partition coefficient (Wildman–Crippen LogP) is 3.11. The van der Waals surface area contributed by atoms with Crippen LogP contribution >= 0.6 is 0 Å². The lowest BCUT2D eigenvalue weighted by Crippen LogP contribution is -1.69. The molecule has 0 saturated carbocycles. The molecule has 0 aromatic heterocycles. The van der Waals surface area contributed by atoms with Crippen molar-refractivity contribution in [1.29, 1.82) is 0 Å². The third-order valence-corrected chi connectivity index (χ3v) is 1.14. The lowest BCUT2D eigenvalue weighted by atomic mass is 10.3. The molecule has 0 aliphatic rings. The first kappa shape index (κ1) is 9.89. The molecular formula is C10H15N. The van der Waals surface area contributed by atoms with Gasteiger partial charge in [0.2, 0.25) is 0 Å². The molecule has 0 saturated heterocycles. The monoisotopic (exact) mass is 149 g/mol. The zero-order valence-electron chi connectivity index (χ0n) is 7.41. The summed E-state index contributed by atoms with van der Waals surface area (Å²) in [5, 5.41) is 0. The lowest BCUT2D eigenvalue weighted by Gasteiger charge is -1.87. The molecule has 0 aromatic rings. The number of hydrogen-bond donors (Lipinski definition) is 0. The molecule has 11 heavy (non-hydrogen) atoms. The van der Waals surface area contributed by atoms with Gasteiger partial charge in [0.1, 0.15) is 0 Å². The van der Waals surface area contributed by atoms with Crippen LogP contribution in [0, 0.1) is 0 Å². The fraction of sp³-hybridized carbons (Fsp3) is 0.300. The average Bonchev–Trinajstić information content (AvgIpc) is 2.03. The minimum absolute atomic E-state index is 0.991. The van der Waals surface area contributed by atoms with E-state index in [4.69, 9.17) is 0 Å². The first-order valence-electron chi connectivity index (χ1n) is 3.79. The van der Waals surface area contributed by atoms with E-state index < -0.39 is 0 Å². The molecule has 0 aromatic carbocycles. The number of nitrogens with zero attached hydrogens (tertiary/aromatic N) is 1. The molecule has 1 nitrogen and oxygen atoms in total. The van der Waals surface area contributed by atoms with E-state index in [2.05, 4.69) is 4.99 Å². The third kappa shape index (κ3) is 5.34. The molecule has 0 amide bonds. The van der Waals surface area contributed by atoms with Crippen LogP contribution in [0.1, 0.15) is 20.8 Å². The summed E-state index contributed by atoms with van der Waals surface area (Å²) >= 11 is 0. The van der Waals surface area contributed by atoms with Crippen molar-refractivity contribution < 1.29 is 0 Å². The van der Waals surface area contributed by atoms with Crippen LogP contribution in [-0.4, -0.2) is 6.21 Å². The normalized spacial score (nSPS) is 14.3. The summed E-state index contributed by atoms with van der Waals surface area (Å²) in [6.07, 6.45) is 11.7. The van der Waals surface area contributed by atoms with E-state index in [-0.39, 0.29) is 0 Å². The van der Waals surface area contributed by atoms with E-state index in [0.717, 1.165) is 5.70 Å². The second-order valence-corrected chi connectivity index (χ2v) is 1.99. The average molecular weight is 149 g/mol. The standard InChI is InChI=1S/C10H15N/c1-4-7-8-9-10(5-2)11-6-3/h4-9H,1-3H3/b7-4?,9-8-,10-5+,11-6?. The van der Waals surface area contributed by atoms with Crippen LogP contribution in [0.4, 0.5) is 0 Å². The summed E-state index contributed by atoms with van der Waals surface area (Å²) < 4.78 is 0. The minimum atomic E-state index is 0.991. The van der Waals surface area contributed by atoms with Crippen LogP contribution < -0.4 is 0 Å². The van der Waals surface area contributed by atoms with Gasteiger partial charge < -0.3 is 0 Å². The highest BCUT2D eigenvalue weighted by atomic mass is 14.7. The summed E-state index contributed by atoms with van der Waals surface area (Å²) in [4.78, 5) is 4.13. The van der Waals surface area contributed by atoms with Crippen LogP contribution in [-0.2, 0) is 0 Å². The number of rotatable bonds is 3. The SMILES string of the molecule is CC=C/C=C\C(=C/C)N=CC. The van der Waals surface area contributed by atoms with E-state index in [9.17, 15) is 0 Å². The Morgan fingerprint density at radius 2 is 1.82 bits per heavy atom. The first-order valence-corrected chi connectivity index (χ1v) is 3.79. The first-order chi connectivity index (χ1) is 5.35. The largest absolute Gasteiger partial charge is 0.262 e.